The number of carboxylic acids is 1. The van der Waals surface area contributed by atoms with Crippen molar-refractivity contribution in [2.24, 2.45) is 5.41 Å². The third kappa shape index (κ3) is 4.54. The lowest BCUT2D eigenvalue weighted by Gasteiger charge is -2.26. The Hall–Kier alpha value is -2.48. The van der Waals surface area contributed by atoms with Gasteiger partial charge in [-0.2, -0.15) is 4.80 Å². The van der Waals surface area contributed by atoms with E-state index in [1.165, 1.54) is 4.80 Å². The van der Waals surface area contributed by atoms with Gasteiger partial charge in [0.05, 0.1) is 5.41 Å². The number of tetrazole rings is 1. The zero-order valence-electron chi connectivity index (χ0n) is 14.1. The molecule has 8 nitrogen and oxygen atoms in total. The molecule has 0 atom stereocenters. The van der Waals surface area contributed by atoms with E-state index in [9.17, 15) is 14.7 Å². The molecule has 134 valence electrons. The molecule has 1 amide bonds. The number of hydrogen-bond donors (Lipinski definition) is 2. The van der Waals surface area contributed by atoms with Crippen LogP contribution >= 0.6 is 11.6 Å². The molecular weight excluding hydrogens is 346 g/mol. The molecule has 0 saturated carbocycles. The van der Waals surface area contributed by atoms with Crippen molar-refractivity contribution in [3.8, 4) is 11.4 Å². The summed E-state index contributed by atoms with van der Waals surface area (Å²) in [4.78, 5) is 24.7. The van der Waals surface area contributed by atoms with E-state index in [-0.39, 0.29) is 19.0 Å². The summed E-state index contributed by atoms with van der Waals surface area (Å²) in [6.07, 6.45) is 0.864. The molecule has 0 fully saturated rings. The Balaban J connectivity index is 1.97. The number of nitrogens with one attached hydrogen (secondary N) is 1. The van der Waals surface area contributed by atoms with Crippen LogP contribution in [-0.4, -0.2) is 43.7 Å². The van der Waals surface area contributed by atoms with Crippen molar-refractivity contribution in [1.82, 2.24) is 25.5 Å². The fourth-order valence-corrected chi connectivity index (χ4v) is 2.48. The number of nitrogens with zero attached hydrogens (tertiary/aromatic N) is 4. The van der Waals surface area contributed by atoms with Crippen LogP contribution in [0.4, 0.5) is 0 Å². The maximum absolute atomic E-state index is 12.1. The Kier molecular flexibility index (Phi) is 6.08. The summed E-state index contributed by atoms with van der Waals surface area (Å²) in [6.45, 7) is 3.51. The predicted molar refractivity (Wildman–Crippen MR) is 91.9 cm³/mol. The maximum Gasteiger partial charge on any atom is 0.311 e. The van der Waals surface area contributed by atoms with Crippen molar-refractivity contribution in [3.63, 3.8) is 0 Å². The molecule has 0 aliphatic rings. The third-order valence-corrected chi connectivity index (χ3v) is 4.52. The van der Waals surface area contributed by atoms with Crippen LogP contribution in [0.15, 0.2) is 24.3 Å². The normalized spacial score (nSPS) is 11.3. The quantitative estimate of drug-likeness (QED) is 0.740. The van der Waals surface area contributed by atoms with E-state index in [1.54, 1.807) is 38.1 Å². The standard InChI is InChI=1S/C16H20ClN5O3/c1-3-16(4-2,15(24)25)10-18-13(23)9-22-20-14(19-21-22)11-5-7-12(17)8-6-11/h5-8H,3-4,9-10H2,1-2H3,(H,18,23)(H,24,25). The van der Waals surface area contributed by atoms with Gasteiger partial charge in [0, 0.05) is 17.1 Å². The molecule has 0 aliphatic carbocycles. The summed E-state index contributed by atoms with van der Waals surface area (Å²) >= 11 is 5.83. The first-order valence-corrected chi connectivity index (χ1v) is 8.32. The molecule has 0 bridgehead atoms. The van der Waals surface area contributed by atoms with Gasteiger partial charge < -0.3 is 10.4 Å². The van der Waals surface area contributed by atoms with Crippen molar-refractivity contribution in [3.05, 3.63) is 29.3 Å². The van der Waals surface area contributed by atoms with Gasteiger partial charge in [0.1, 0.15) is 6.54 Å². The van der Waals surface area contributed by atoms with Gasteiger partial charge in [0.25, 0.3) is 0 Å². The molecule has 0 unspecified atom stereocenters. The van der Waals surface area contributed by atoms with Crippen LogP contribution in [0, 0.1) is 5.41 Å². The van der Waals surface area contributed by atoms with E-state index >= 15 is 0 Å². The minimum atomic E-state index is -0.958. The van der Waals surface area contributed by atoms with Gasteiger partial charge in [-0.15, -0.1) is 10.2 Å². The monoisotopic (exact) mass is 365 g/mol. The molecule has 2 N–H and O–H groups in total. The lowest BCUT2D eigenvalue weighted by atomic mass is 9.82. The summed E-state index contributed by atoms with van der Waals surface area (Å²) < 4.78 is 0. The van der Waals surface area contributed by atoms with Gasteiger partial charge in [-0.25, -0.2) is 0 Å². The van der Waals surface area contributed by atoms with E-state index in [2.05, 4.69) is 20.7 Å². The average molecular weight is 366 g/mol. The zero-order valence-corrected chi connectivity index (χ0v) is 14.8. The minimum Gasteiger partial charge on any atom is -0.481 e. The molecule has 1 aromatic heterocycles. The minimum absolute atomic E-state index is 0.0624. The highest BCUT2D eigenvalue weighted by Crippen LogP contribution is 2.25. The Morgan fingerprint density at radius 2 is 1.88 bits per heavy atom. The van der Waals surface area contributed by atoms with Gasteiger partial charge in [-0.3, -0.25) is 9.59 Å². The van der Waals surface area contributed by atoms with Crippen molar-refractivity contribution >= 4 is 23.5 Å². The van der Waals surface area contributed by atoms with Crippen LogP contribution in [0.2, 0.25) is 5.02 Å². The number of hydrogen-bond acceptors (Lipinski definition) is 5. The number of rotatable bonds is 8. The van der Waals surface area contributed by atoms with Crippen molar-refractivity contribution < 1.29 is 14.7 Å². The summed E-state index contributed by atoms with van der Waals surface area (Å²) in [6, 6.07) is 6.94. The SMILES string of the molecule is CCC(CC)(CNC(=O)Cn1nnc(-c2ccc(Cl)cc2)n1)C(=O)O. The molecule has 25 heavy (non-hydrogen) atoms. The van der Waals surface area contributed by atoms with Crippen molar-refractivity contribution in [2.45, 2.75) is 33.2 Å². The summed E-state index contributed by atoms with van der Waals surface area (Å²) in [5, 5.41) is 24.5. The fourth-order valence-electron chi connectivity index (χ4n) is 2.35. The lowest BCUT2D eigenvalue weighted by molar-refractivity contribution is -0.149. The molecule has 2 rings (SSSR count). The number of carbonyl (C=O) groups is 2. The second-order valence-electron chi connectivity index (χ2n) is 5.72. The van der Waals surface area contributed by atoms with Gasteiger partial charge in [0.2, 0.25) is 11.7 Å². The molecular formula is C16H20ClN5O3. The van der Waals surface area contributed by atoms with Gasteiger partial charge >= 0.3 is 5.97 Å². The Bertz CT molecular complexity index is 740. The van der Waals surface area contributed by atoms with Gasteiger partial charge in [0.15, 0.2) is 0 Å². The zero-order chi connectivity index (χ0) is 18.4. The number of aromatic nitrogens is 4. The highest BCUT2D eigenvalue weighted by molar-refractivity contribution is 6.30. The molecule has 1 aromatic carbocycles. The number of aliphatic carboxylic acids is 1. The van der Waals surface area contributed by atoms with Crippen LogP contribution in [0.1, 0.15) is 26.7 Å². The second kappa shape index (κ2) is 8.06. The number of halogens is 1. The number of benzene rings is 1. The Labute approximate surface area is 150 Å². The van der Waals surface area contributed by atoms with E-state index in [1.807, 2.05) is 0 Å². The van der Waals surface area contributed by atoms with E-state index in [0.717, 1.165) is 5.56 Å². The Morgan fingerprint density at radius 1 is 1.24 bits per heavy atom. The van der Waals surface area contributed by atoms with E-state index in [4.69, 9.17) is 11.6 Å². The number of amides is 1. The topological polar surface area (TPSA) is 110 Å². The molecule has 2 aromatic rings. The Morgan fingerprint density at radius 3 is 2.44 bits per heavy atom. The van der Waals surface area contributed by atoms with Gasteiger partial charge in [-0.1, -0.05) is 25.4 Å². The first-order chi connectivity index (χ1) is 11.9. The predicted octanol–water partition coefficient (Wildman–Crippen LogP) is 2.00. The van der Waals surface area contributed by atoms with Crippen LogP contribution in [0.5, 0.6) is 0 Å². The lowest BCUT2D eigenvalue weighted by Crippen LogP contribution is -2.43. The summed E-state index contributed by atoms with van der Waals surface area (Å²) in [7, 11) is 0. The number of carboxylic acid groups (broad SMARTS) is 1. The van der Waals surface area contributed by atoms with Crippen LogP contribution in [0.25, 0.3) is 11.4 Å². The molecule has 0 spiro atoms. The molecule has 0 aliphatic heterocycles. The first-order valence-electron chi connectivity index (χ1n) is 7.94. The summed E-state index contributed by atoms with van der Waals surface area (Å²) in [5.41, 5.74) is -0.224. The third-order valence-electron chi connectivity index (χ3n) is 4.27. The average Bonchev–Trinajstić information content (AvgIpc) is 3.05. The summed E-state index contributed by atoms with van der Waals surface area (Å²) in [5.74, 6) is -0.902. The van der Waals surface area contributed by atoms with Gasteiger partial charge in [-0.05, 0) is 42.3 Å². The fraction of sp³-hybridized carbons (Fsp3) is 0.438. The highest BCUT2D eigenvalue weighted by atomic mass is 35.5. The van der Waals surface area contributed by atoms with Crippen LogP contribution in [0.3, 0.4) is 0 Å². The van der Waals surface area contributed by atoms with Crippen molar-refractivity contribution in [1.29, 1.82) is 0 Å². The number of carbonyl (C=O) groups excluding carboxylic acids is 1. The molecule has 1 heterocycles. The van der Waals surface area contributed by atoms with E-state index < -0.39 is 11.4 Å². The first kappa shape index (κ1) is 18.9. The van der Waals surface area contributed by atoms with E-state index in [0.29, 0.717) is 23.7 Å². The van der Waals surface area contributed by atoms with Crippen LogP contribution < -0.4 is 5.32 Å². The van der Waals surface area contributed by atoms with Crippen LogP contribution in [-0.2, 0) is 16.1 Å². The highest BCUT2D eigenvalue weighted by Gasteiger charge is 2.35. The molecule has 9 heteroatoms. The second-order valence-corrected chi connectivity index (χ2v) is 6.16. The molecule has 0 radical (unpaired) electrons. The molecule has 0 saturated heterocycles. The maximum atomic E-state index is 12.1. The largest absolute Gasteiger partial charge is 0.481 e. The smallest absolute Gasteiger partial charge is 0.311 e. The van der Waals surface area contributed by atoms with Crippen molar-refractivity contribution in [2.75, 3.05) is 6.54 Å².